The van der Waals surface area contributed by atoms with Crippen LogP contribution in [0.25, 0.3) is 0 Å². The van der Waals surface area contributed by atoms with E-state index in [1.54, 1.807) is 0 Å². The van der Waals surface area contributed by atoms with Gasteiger partial charge in [-0.05, 0) is 72.5 Å². The lowest BCUT2D eigenvalue weighted by molar-refractivity contribution is 0.262. The molecule has 0 aromatic heterocycles. The van der Waals surface area contributed by atoms with Gasteiger partial charge in [0.05, 0.1) is 0 Å². The molecular formula is C15H15N2O3S-. The van der Waals surface area contributed by atoms with Gasteiger partial charge in [0.25, 0.3) is 0 Å². The Kier molecular flexibility index (Phi) is 4.72. The largest absolute Gasteiger partial charge is 0.768 e. The highest BCUT2D eigenvalue weighted by Gasteiger charge is 2.04. The Morgan fingerprint density at radius 3 is 2.00 bits per heavy atom. The molecule has 6 heteroatoms. The van der Waals surface area contributed by atoms with Gasteiger partial charge in [0.15, 0.2) is 0 Å². The maximum atomic E-state index is 11.9. The van der Waals surface area contributed by atoms with Crippen molar-refractivity contribution >= 4 is 28.5 Å². The number of hydrogen-bond acceptors (Lipinski definition) is 3. The third-order valence-corrected chi connectivity index (χ3v) is 3.44. The second-order valence-corrected chi connectivity index (χ2v) is 5.66. The maximum absolute atomic E-state index is 11.9. The van der Waals surface area contributed by atoms with Crippen LogP contribution in [0, 0.1) is 13.8 Å². The van der Waals surface area contributed by atoms with Crippen molar-refractivity contribution in [3.05, 3.63) is 53.6 Å². The summed E-state index contributed by atoms with van der Waals surface area (Å²) < 4.78 is 21.5. The first-order valence-corrected chi connectivity index (χ1v) is 7.37. The average Bonchev–Trinajstić information content (AvgIpc) is 2.37. The van der Waals surface area contributed by atoms with Crippen molar-refractivity contribution in [3.63, 3.8) is 0 Å². The third-order valence-electron chi connectivity index (χ3n) is 2.78. The number of benzene rings is 2. The number of urea groups is 1. The molecule has 0 bridgehead atoms. The lowest BCUT2D eigenvalue weighted by Gasteiger charge is -2.10. The van der Waals surface area contributed by atoms with Crippen molar-refractivity contribution in [3.8, 4) is 0 Å². The summed E-state index contributed by atoms with van der Waals surface area (Å²) in [6.07, 6.45) is 0. The molecular weight excluding hydrogens is 288 g/mol. The van der Waals surface area contributed by atoms with E-state index in [9.17, 15) is 13.6 Å². The molecule has 2 rings (SSSR count). The summed E-state index contributed by atoms with van der Waals surface area (Å²) >= 11 is -2.27. The monoisotopic (exact) mass is 303 g/mol. The second kappa shape index (κ2) is 6.51. The van der Waals surface area contributed by atoms with Crippen LogP contribution in [0.3, 0.4) is 0 Å². The van der Waals surface area contributed by atoms with Crippen LogP contribution in [0.15, 0.2) is 47.4 Å². The number of rotatable bonds is 3. The van der Waals surface area contributed by atoms with Crippen LogP contribution >= 0.6 is 0 Å². The van der Waals surface area contributed by atoms with Gasteiger partial charge in [-0.1, -0.05) is 6.07 Å². The first-order valence-electron chi connectivity index (χ1n) is 6.29. The van der Waals surface area contributed by atoms with Gasteiger partial charge in [0.2, 0.25) is 0 Å². The summed E-state index contributed by atoms with van der Waals surface area (Å²) in [5.41, 5.74) is 3.36. The average molecular weight is 303 g/mol. The molecule has 21 heavy (non-hydrogen) atoms. The van der Waals surface area contributed by atoms with Crippen LogP contribution in [-0.2, 0) is 11.1 Å². The van der Waals surface area contributed by atoms with Gasteiger partial charge < -0.3 is 15.2 Å². The van der Waals surface area contributed by atoms with Crippen molar-refractivity contribution in [2.75, 3.05) is 10.6 Å². The number of amides is 2. The van der Waals surface area contributed by atoms with Crippen molar-refractivity contribution in [2.24, 2.45) is 0 Å². The summed E-state index contributed by atoms with van der Waals surface area (Å²) in [6, 6.07) is 11.3. The molecule has 5 nitrogen and oxygen atoms in total. The number of nitrogens with one attached hydrogen (secondary N) is 2. The smallest absolute Gasteiger partial charge is 0.323 e. The molecule has 0 saturated carbocycles. The highest BCUT2D eigenvalue weighted by Crippen LogP contribution is 2.15. The van der Waals surface area contributed by atoms with Crippen molar-refractivity contribution in [1.29, 1.82) is 0 Å². The van der Waals surface area contributed by atoms with Gasteiger partial charge in [-0.25, -0.2) is 4.79 Å². The fraction of sp³-hybridized carbons (Fsp3) is 0.133. The summed E-state index contributed by atoms with van der Waals surface area (Å²) in [7, 11) is 0. The minimum Gasteiger partial charge on any atom is -0.768 e. The molecule has 0 fully saturated rings. The molecule has 2 aromatic carbocycles. The molecule has 0 heterocycles. The number of carbonyl (C=O) groups excluding carboxylic acids is 1. The minimum atomic E-state index is -2.27. The lowest BCUT2D eigenvalue weighted by atomic mass is 10.1. The Balaban J connectivity index is 2.02. The summed E-state index contributed by atoms with van der Waals surface area (Å²) in [5.74, 6) is 0. The van der Waals surface area contributed by atoms with Gasteiger partial charge in [0, 0.05) is 16.3 Å². The van der Waals surface area contributed by atoms with Crippen molar-refractivity contribution < 1.29 is 13.6 Å². The molecule has 110 valence electrons. The Hall–Kier alpha value is -2.18. The van der Waals surface area contributed by atoms with Gasteiger partial charge in [-0.3, -0.25) is 4.21 Å². The first-order chi connectivity index (χ1) is 9.94. The molecule has 0 aliphatic heterocycles. The van der Waals surface area contributed by atoms with Gasteiger partial charge >= 0.3 is 6.03 Å². The van der Waals surface area contributed by atoms with E-state index in [1.807, 2.05) is 32.0 Å². The van der Waals surface area contributed by atoms with Gasteiger partial charge in [0.1, 0.15) is 0 Å². The maximum Gasteiger partial charge on any atom is 0.323 e. The van der Waals surface area contributed by atoms with Crippen LogP contribution in [-0.4, -0.2) is 14.8 Å². The van der Waals surface area contributed by atoms with E-state index in [0.29, 0.717) is 11.4 Å². The highest BCUT2D eigenvalue weighted by atomic mass is 32.2. The molecule has 1 atom stereocenters. The molecule has 2 amide bonds. The Labute approximate surface area is 125 Å². The predicted molar refractivity (Wildman–Crippen MR) is 82.2 cm³/mol. The van der Waals surface area contributed by atoms with E-state index < -0.39 is 11.1 Å². The van der Waals surface area contributed by atoms with E-state index in [4.69, 9.17) is 0 Å². The predicted octanol–water partition coefficient (Wildman–Crippen LogP) is 3.19. The van der Waals surface area contributed by atoms with Gasteiger partial charge in [-0.15, -0.1) is 0 Å². The van der Waals surface area contributed by atoms with Crippen LogP contribution in [0.1, 0.15) is 11.1 Å². The lowest BCUT2D eigenvalue weighted by Crippen LogP contribution is -2.19. The van der Waals surface area contributed by atoms with Crippen LogP contribution in [0.4, 0.5) is 16.2 Å². The first kappa shape index (κ1) is 15.2. The van der Waals surface area contributed by atoms with E-state index in [-0.39, 0.29) is 10.9 Å². The fourth-order valence-corrected chi connectivity index (χ4v) is 2.35. The zero-order valence-electron chi connectivity index (χ0n) is 11.7. The number of hydrogen-bond donors (Lipinski definition) is 2. The summed E-state index contributed by atoms with van der Waals surface area (Å²) in [6.45, 7) is 3.91. The Bertz CT molecular complexity index is 664. The third kappa shape index (κ3) is 4.40. The topological polar surface area (TPSA) is 81.3 Å². The quantitative estimate of drug-likeness (QED) is 0.854. The number of anilines is 2. The molecule has 0 saturated heterocycles. The molecule has 2 aromatic rings. The fourth-order valence-electron chi connectivity index (χ4n) is 1.99. The van der Waals surface area contributed by atoms with E-state index in [1.165, 1.54) is 24.3 Å². The zero-order valence-corrected chi connectivity index (χ0v) is 12.5. The van der Waals surface area contributed by atoms with Crippen LogP contribution in [0.2, 0.25) is 0 Å². The Morgan fingerprint density at radius 2 is 1.48 bits per heavy atom. The van der Waals surface area contributed by atoms with E-state index in [2.05, 4.69) is 10.6 Å². The molecule has 0 aliphatic rings. The van der Waals surface area contributed by atoms with E-state index in [0.717, 1.165) is 11.1 Å². The SMILES string of the molecule is Cc1cc(C)cc(NC(=O)Nc2ccc(S(=O)[O-])cc2)c1. The Morgan fingerprint density at radius 1 is 0.952 bits per heavy atom. The molecule has 0 radical (unpaired) electrons. The minimum absolute atomic E-state index is 0.176. The highest BCUT2D eigenvalue weighted by molar-refractivity contribution is 7.79. The molecule has 0 aliphatic carbocycles. The molecule has 2 N–H and O–H groups in total. The van der Waals surface area contributed by atoms with E-state index >= 15 is 0 Å². The van der Waals surface area contributed by atoms with Crippen molar-refractivity contribution in [1.82, 2.24) is 0 Å². The van der Waals surface area contributed by atoms with Crippen LogP contribution < -0.4 is 10.6 Å². The van der Waals surface area contributed by atoms with Gasteiger partial charge in [-0.2, -0.15) is 0 Å². The standard InChI is InChI=1S/C15H16N2O3S/c1-10-7-11(2)9-13(8-10)17-15(18)16-12-3-5-14(6-4-12)21(19)20/h3-9H,1-2H3,(H,19,20)(H2,16,17,18)/p-1. The number of carbonyl (C=O) groups is 1. The van der Waals surface area contributed by atoms with Crippen molar-refractivity contribution in [2.45, 2.75) is 18.7 Å². The molecule has 0 spiro atoms. The normalized spacial score (nSPS) is 11.8. The number of aryl methyl sites for hydroxylation is 2. The zero-order chi connectivity index (χ0) is 15.4. The second-order valence-electron chi connectivity index (χ2n) is 4.71. The summed E-state index contributed by atoms with van der Waals surface area (Å²) in [5, 5.41) is 5.38. The summed E-state index contributed by atoms with van der Waals surface area (Å²) in [4.78, 5) is 12.1. The molecule has 1 unspecified atom stereocenters. The van der Waals surface area contributed by atoms with Crippen LogP contribution in [0.5, 0.6) is 0 Å².